The molecule has 0 aliphatic rings. The summed E-state index contributed by atoms with van der Waals surface area (Å²) < 4.78 is 64.6. The minimum absolute atomic E-state index is 0.241. The van der Waals surface area contributed by atoms with Crippen LogP contribution in [0, 0.1) is 23.1 Å². The van der Waals surface area contributed by atoms with E-state index in [9.17, 15) is 22.0 Å². The van der Waals surface area contributed by atoms with Crippen LogP contribution in [-0.4, -0.2) is 4.98 Å². The molecule has 102 valence electrons. The maximum absolute atomic E-state index is 13.5. The van der Waals surface area contributed by atoms with Crippen molar-refractivity contribution in [3.63, 3.8) is 0 Å². The number of hydrogen-bond donors (Lipinski definition) is 0. The van der Waals surface area contributed by atoms with Crippen molar-refractivity contribution in [2.75, 3.05) is 0 Å². The quantitative estimate of drug-likeness (QED) is 0.588. The maximum Gasteiger partial charge on any atom is 0.416 e. The summed E-state index contributed by atoms with van der Waals surface area (Å²) in [4.78, 5) is 3.05. The Morgan fingerprint density at radius 1 is 1.10 bits per heavy atom. The fourth-order valence-electron chi connectivity index (χ4n) is 1.65. The predicted molar refractivity (Wildman–Crippen MR) is 59.3 cm³/mol. The van der Waals surface area contributed by atoms with E-state index < -0.39 is 23.5 Å². The molecule has 0 bridgehead atoms. The van der Waals surface area contributed by atoms with Crippen LogP contribution in [0.15, 0.2) is 30.5 Å². The lowest BCUT2D eigenvalue weighted by molar-refractivity contribution is -0.137. The number of alkyl halides is 3. The molecule has 1 aromatic heterocycles. The van der Waals surface area contributed by atoms with Gasteiger partial charge in [-0.05, 0) is 29.8 Å². The van der Waals surface area contributed by atoms with E-state index in [-0.39, 0.29) is 16.7 Å². The monoisotopic (exact) mass is 284 g/mol. The van der Waals surface area contributed by atoms with Crippen LogP contribution < -0.4 is 0 Å². The van der Waals surface area contributed by atoms with E-state index in [0.717, 1.165) is 18.3 Å². The molecule has 0 fully saturated rings. The van der Waals surface area contributed by atoms with E-state index in [1.165, 1.54) is 0 Å². The lowest BCUT2D eigenvalue weighted by Gasteiger charge is -2.10. The van der Waals surface area contributed by atoms with E-state index >= 15 is 0 Å². The van der Waals surface area contributed by atoms with Crippen molar-refractivity contribution in [3.05, 3.63) is 53.4 Å². The van der Waals surface area contributed by atoms with Crippen molar-refractivity contribution >= 4 is 0 Å². The molecule has 0 amide bonds. The molecule has 1 aromatic carbocycles. The molecule has 0 saturated carbocycles. The second-order valence-corrected chi connectivity index (χ2v) is 3.87. The van der Waals surface area contributed by atoms with Crippen molar-refractivity contribution in [1.29, 1.82) is 5.26 Å². The van der Waals surface area contributed by atoms with E-state index in [1.807, 2.05) is 0 Å². The zero-order valence-corrected chi connectivity index (χ0v) is 9.67. The molecule has 0 spiro atoms. The molecule has 1 heterocycles. The fraction of sp³-hybridized carbons (Fsp3) is 0.0769. The largest absolute Gasteiger partial charge is 0.416 e. The van der Waals surface area contributed by atoms with Gasteiger partial charge in [-0.1, -0.05) is 0 Å². The number of aromatic nitrogens is 1. The number of hydrogen-bond acceptors (Lipinski definition) is 2. The van der Waals surface area contributed by atoms with Crippen molar-refractivity contribution in [1.82, 2.24) is 4.98 Å². The molecule has 0 N–H and O–H groups in total. The van der Waals surface area contributed by atoms with Gasteiger partial charge in [0.15, 0.2) is 5.82 Å². The minimum Gasteiger partial charge on any atom is -0.226 e. The summed E-state index contributed by atoms with van der Waals surface area (Å²) in [5.41, 5.74) is -2.04. The Bertz CT molecular complexity index is 701. The Balaban J connectivity index is 2.69. The highest BCUT2D eigenvalue weighted by Crippen LogP contribution is 2.34. The number of nitriles is 1. The number of benzene rings is 1. The highest BCUT2D eigenvalue weighted by atomic mass is 19.4. The van der Waals surface area contributed by atoms with Gasteiger partial charge in [-0.15, -0.1) is 0 Å². The van der Waals surface area contributed by atoms with Gasteiger partial charge >= 0.3 is 6.18 Å². The van der Waals surface area contributed by atoms with Crippen LogP contribution in [0.5, 0.6) is 0 Å². The highest BCUT2D eigenvalue weighted by molar-refractivity contribution is 5.66. The summed E-state index contributed by atoms with van der Waals surface area (Å²) in [6.07, 6.45) is -3.76. The smallest absolute Gasteiger partial charge is 0.226 e. The number of halogens is 5. The molecule has 2 rings (SSSR count). The van der Waals surface area contributed by atoms with Gasteiger partial charge in [0.25, 0.3) is 0 Å². The first-order chi connectivity index (χ1) is 9.32. The molecule has 2 nitrogen and oxygen atoms in total. The van der Waals surface area contributed by atoms with Crippen LogP contribution in [0.1, 0.15) is 11.1 Å². The van der Waals surface area contributed by atoms with E-state index in [4.69, 9.17) is 5.26 Å². The van der Waals surface area contributed by atoms with Crippen LogP contribution in [0.3, 0.4) is 0 Å². The molecule has 20 heavy (non-hydrogen) atoms. The maximum atomic E-state index is 13.5. The first-order valence-electron chi connectivity index (χ1n) is 5.25. The van der Waals surface area contributed by atoms with E-state index in [0.29, 0.717) is 12.1 Å². The predicted octanol–water partition coefficient (Wildman–Crippen LogP) is 3.92. The first kappa shape index (κ1) is 13.9. The van der Waals surface area contributed by atoms with Gasteiger partial charge < -0.3 is 0 Å². The summed E-state index contributed by atoms with van der Waals surface area (Å²) in [5, 5.41) is 8.73. The molecule has 2 aromatic rings. The third kappa shape index (κ3) is 2.59. The first-order valence-corrected chi connectivity index (χ1v) is 5.25. The minimum atomic E-state index is -4.69. The summed E-state index contributed by atoms with van der Waals surface area (Å²) in [6.45, 7) is 0. The second kappa shape index (κ2) is 4.89. The van der Waals surface area contributed by atoms with Gasteiger partial charge in [0.05, 0.1) is 17.2 Å². The summed E-state index contributed by atoms with van der Waals surface area (Å²) in [6, 6.07) is 4.93. The third-order valence-corrected chi connectivity index (χ3v) is 2.55. The van der Waals surface area contributed by atoms with Gasteiger partial charge in [-0.25, -0.2) is 9.37 Å². The summed E-state index contributed by atoms with van der Waals surface area (Å²) >= 11 is 0. The summed E-state index contributed by atoms with van der Waals surface area (Å²) in [5.74, 6) is -2.78. The molecule has 7 heteroatoms. The van der Waals surface area contributed by atoms with Crippen LogP contribution in [-0.2, 0) is 6.18 Å². The van der Waals surface area contributed by atoms with Crippen LogP contribution >= 0.6 is 0 Å². The van der Waals surface area contributed by atoms with E-state index in [1.54, 1.807) is 6.07 Å². The zero-order valence-electron chi connectivity index (χ0n) is 9.67. The Kier molecular flexibility index (Phi) is 3.40. The van der Waals surface area contributed by atoms with Gasteiger partial charge in [0.2, 0.25) is 5.95 Å². The normalized spacial score (nSPS) is 11.2. The molecule has 0 atom stereocenters. The Morgan fingerprint density at radius 2 is 1.80 bits per heavy atom. The van der Waals surface area contributed by atoms with Crippen molar-refractivity contribution in [2.45, 2.75) is 6.18 Å². The molecular formula is C13H5F5N2. The SMILES string of the molecule is N#Cc1cc(-c2ccnc(F)c2F)cc(C(F)(F)F)c1. The lowest BCUT2D eigenvalue weighted by atomic mass is 10.0. The number of nitrogens with zero attached hydrogens (tertiary/aromatic N) is 2. The van der Waals surface area contributed by atoms with Gasteiger partial charge in [-0.3, -0.25) is 0 Å². The zero-order chi connectivity index (χ0) is 14.9. The third-order valence-electron chi connectivity index (χ3n) is 2.55. The van der Waals surface area contributed by atoms with Gasteiger partial charge in [0, 0.05) is 11.8 Å². The molecular weight excluding hydrogens is 279 g/mol. The molecule has 0 radical (unpaired) electrons. The molecule has 0 aliphatic carbocycles. The number of pyridine rings is 1. The van der Waals surface area contributed by atoms with Crippen LogP contribution in [0.25, 0.3) is 11.1 Å². The molecule has 0 aliphatic heterocycles. The van der Waals surface area contributed by atoms with Gasteiger partial charge in [-0.2, -0.15) is 22.8 Å². The van der Waals surface area contributed by atoms with Crippen LogP contribution in [0.2, 0.25) is 0 Å². The Labute approximate surface area is 110 Å². The summed E-state index contributed by atoms with van der Waals surface area (Å²) in [7, 11) is 0. The van der Waals surface area contributed by atoms with Crippen LogP contribution in [0.4, 0.5) is 22.0 Å². The molecule has 0 saturated heterocycles. The van der Waals surface area contributed by atoms with Crippen molar-refractivity contribution < 1.29 is 22.0 Å². The second-order valence-electron chi connectivity index (χ2n) is 3.87. The fourth-order valence-corrected chi connectivity index (χ4v) is 1.65. The lowest BCUT2D eigenvalue weighted by Crippen LogP contribution is -2.06. The average Bonchev–Trinajstić information content (AvgIpc) is 2.40. The topological polar surface area (TPSA) is 36.7 Å². The Hall–Kier alpha value is -2.49. The average molecular weight is 284 g/mol. The van der Waals surface area contributed by atoms with E-state index in [2.05, 4.69) is 4.98 Å². The Morgan fingerprint density at radius 3 is 2.40 bits per heavy atom. The highest BCUT2D eigenvalue weighted by Gasteiger charge is 2.31. The van der Waals surface area contributed by atoms with Crippen molar-refractivity contribution in [2.24, 2.45) is 0 Å². The standard InChI is InChI=1S/C13H5F5N2/c14-11-10(1-2-20-12(11)15)8-3-7(6-19)4-9(5-8)13(16,17)18/h1-5H. The number of rotatable bonds is 1. The molecule has 0 unspecified atom stereocenters. The van der Waals surface area contributed by atoms with Gasteiger partial charge in [0.1, 0.15) is 0 Å². The van der Waals surface area contributed by atoms with Crippen molar-refractivity contribution in [3.8, 4) is 17.2 Å².